The lowest BCUT2D eigenvalue weighted by Crippen LogP contribution is -1.87. The Bertz CT molecular complexity index is 78.6. The molecule has 0 aliphatic heterocycles. The molecule has 1 nitrogen and oxygen atoms in total. The Balaban J connectivity index is 3.38. The van der Waals surface area contributed by atoms with Gasteiger partial charge in [0.2, 0.25) is 0 Å². The van der Waals surface area contributed by atoms with E-state index in [1.165, 1.54) is 11.5 Å². The average molecular weight is 131 g/mol. The van der Waals surface area contributed by atoms with Crippen molar-refractivity contribution in [3.8, 4) is 0 Å². The fraction of sp³-hybridized carbons (Fsp3) is 0.833. The average Bonchev–Trinajstić information content (AvgIpc) is 1.83. The minimum Gasteiger partial charge on any atom is -0.286 e. The molecule has 8 heavy (non-hydrogen) atoms. The van der Waals surface area contributed by atoms with E-state index in [0.717, 1.165) is 6.42 Å². The Morgan fingerprint density at radius 1 is 1.62 bits per heavy atom. The predicted octanol–water partition coefficient (Wildman–Crippen LogP) is 2.18. The van der Waals surface area contributed by atoms with Gasteiger partial charge in [-0.25, -0.2) is 0 Å². The van der Waals surface area contributed by atoms with Crippen molar-refractivity contribution in [1.29, 1.82) is 0 Å². The summed E-state index contributed by atoms with van der Waals surface area (Å²) >= 11 is 1.74. The van der Waals surface area contributed by atoms with Crippen molar-refractivity contribution in [1.82, 2.24) is 0 Å². The topological polar surface area (TPSA) is 12.4 Å². The van der Waals surface area contributed by atoms with Gasteiger partial charge in [-0.1, -0.05) is 13.3 Å². The summed E-state index contributed by atoms with van der Waals surface area (Å²) in [5.41, 5.74) is 0. The second-order valence-electron chi connectivity index (χ2n) is 1.57. The van der Waals surface area contributed by atoms with E-state index >= 15 is 0 Å². The number of thioether (sulfide) groups is 1. The van der Waals surface area contributed by atoms with Crippen LogP contribution in [0.2, 0.25) is 0 Å². The third-order valence-corrected chi connectivity index (χ3v) is 1.81. The van der Waals surface area contributed by atoms with Crippen molar-refractivity contribution in [2.75, 3.05) is 13.3 Å². The van der Waals surface area contributed by atoms with Gasteiger partial charge < -0.3 is 0 Å². The highest BCUT2D eigenvalue weighted by atomic mass is 32.2. The van der Waals surface area contributed by atoms with Gasteiger partial charge in [0.1, 0.15) is 0 Å². The fourth-order valence-corrected chi connectivity index (χ4v) is 1.11. The number of hydrogen-bond donors (Lipinski definition) is 0. The summed E-state index contributed by atoms with van der Waals surface area (Å²) in [6.07, 6.45) is 4.41. The Kier molecular flexibility index (Phi) is 5.18. The van der Waals surface area contributed by atoms with Crippen LogP contribution in [0.15, 0.2) is 4.99 Å². The smallest absolute Gasteiger partial charge is 0.0669 e. The lowest BCUT2D eigenvalue weighted by molar-refractivity contribution is 1.00. The van der Waals surface area contributed by atoms with Crippen LogP contribution in [0.4, 0.5) is 0 Å². The third kappa shape index (κ3) is 3.08. The molecular weight excluding hydrogens is 118 g/mol. The molecule has 2 heteroatoms. The van der Waals surface area contributed by atoms with Crippen molar-refractivity contribution in [2.45, 2.75) is 19.8 Å². The molecule has 0 aromatic heterocycles. The van der Waals surface area contributed by atoms with Gasteiger partial charge in [-0.05, 0) is 12.7 Å². The van der Waals surface area contributed by atoms with E-state index in [1.807, 2.05) is 7.05 Å². The molecule has 48 valence electrons. The molecule has 0 saturated carbocycles. The summed E-state index contributed by atoms with van der Waals surface area (Å²) in [6, 6.07) is 0. The molecule has 0 spiro atoms. The van der Waals surface area contributed by atoms with Gasteiger partial charge in [0.15, 0.2) is 0 Å². The Hall–Kier alpha value is 0.0200. The Morgan fingerprint density at radius 3 is 2.38 bits per heavy atom. The summed E-state index contributed by atoms with van der Waals surface area (Å²) in [6.45, 7) is 2.17. The summed E-state index contributed by atoms with van der Waals surface area (Å²) in [4.78, 5) is 4.08. The second-order valence-corrected chi connectivity index (χ2v) is 2.45. The van der Waals surface area contributed by atoms with E-state index in [2.05, 4.69) is 18.2 Å². The number of aliphatic imine (C=N–C) groups is 1. The van der Waals surface area contributed by atoms with Crippen molar-refractivity contribution in [2.24, 2.45) is 4.99 Å². The summed E-state index contributed by atoms with van der Waals surface area (Å²) < 4.78 is 0. The quantitative estimate of drug-likeness (QED) is 0.413. The molecule has 0 bridgehead atoms. The van der Waals surface area contributed by atoms with E-state index in [-0.39, 0.29) is 0 Å². The maximum absolute atomic E-state index is 4.08. The zero-order valence-corrected chi connectivity index (χ0v) is 6.59. The molecule has 0 aromatic rings. The van der Waals surface area contributed by atoms with Crippen LogP contribution in [0.1, 0.15) is 19.8 Å². The first-order valence-electron chi connectivity index (χ1n) is 2.84. The third-order valence-electron chi connectivity index (χ3n) is 0.949. The van der Waals surface area contributed by atoms with Crippen molar-refractivity contribution < 1.29 is 0 Å². The number of rotatable bonds is 2. The number of hydrogen-bond acceptors (Lipinski definition) is 2. The molecular formula is C6H13NS. The van der Waals surface area contributed by atoms with Crippen molar-refractivity contribution >= 4 is 16.8 Å². The van der Waals surface area contributed by atoms with Gasteiger partial charge in [-0.15, -0.1) is 11.8 Å². The van der Waals surface area contributed by atoms with Gasteiger partial charge in [0.05, 0.1) is 5.04 Å². The minimum absolute atomic E-state index is 1.14. The summed E-state index contributed by atoms with van der Waals surface area (Å²) in [5, 5.41) is 1.26. The molecule has 0 heterocycles. The first-order chi connectivity index (χ1) is 3.85. The van der Waals surface area contributed by atoms with Gasteiger partial charge in [-0.2, -0.15) is 0 Å². The van der Waals surface area contributed by atoms with Crippen molar-refractivity contribution in [3.05, 3.63) is 0 Å². The van der Waals surface area contributed by atoms with Gasteiger partial charge in [0.25, 0.3) is 0 Å². The Morgan fingerprint density at radius 2 is 2.25 bits per heavy atom. The second kappa shape index (κ2) is 5.16. The van der Waals surface area contributed by atoms with Crippen molar-refractivity contribution in [3.63, 3.8) is 0 Å². The molecule has 0 atom stereocenters. The molecule has 0 radical (unpaired) electrons. The maximum Gasteiger partial charge on any atom is 0.0669 e. The van der Waals surface area contributed by atoms with E-state index in [0.29, 0.717) is 0 Å². The SMILES string of the molecule is CCC/C(=N/C)SC. The highest BCUT2D eigenvalue weighted by molar-refractivity contribution is 8.13. The molecule has 0 aromatic carbocycles. The first kappa shape index (κ1) is 8.02. The van der Waals surface area contributed by atoms with Crippen LogP contribution in [0.25, 0.3) is 0 Å². The van der Waals surface area contributed by atoms with Crippen LogP contribution in [0.3, 0.4) is 0 Å². The first-order valence-corrected chi connectivity index (χ1v) is 4.07. The van der Waals surface area contributed by atoms with Gasteiger partial charge in [-0.3, -0.25) is 4.99 Å². The maximum atomic E-state index is 4.08. The fourth-order valence-electron chi connectivity index (χ4n) is 0.519. The number of nitrogens with zero attached hydrogens (tertiary/aromatic N) is 1. The predicted molar refractivity (Wildman–Crippen MR) is 41.8 cm³/mol. The molecule has 0 amide bonds. The molecule has 0 aliphatic carbocycles. The highest BCUT2D eigenvalue weighted by Crippen LogP contribution is 2.03. The lowest BCUT2D eigenvalue weighted by atomic mass is 10.4. The monoisotopic (exact) mass is 131 g/mol. The summed E-state index contributed by atoms with van der Waals surface area (Å²) in [5.74, 6) is 0. The van der Waals surface area contributed by atoms with Crippen LogP contribution in [0, 0.1) is 0 Å². The zero-order valence-electron chi connectivity index (χ0n) is 5.77. The zero-order chi connectivity index (χ0) is 6.41. The Labute approximate surface area is 55.6 Å². The lowest BCUT2D eigenvalue weighted by Gasteiger charge is -1.95. The summed E-state index contributed by atoms with van der Waals surface area (Å²) in [7, 11) is 1.85. The van der Waals surface area contributed by atoms with E-state index in [9.17, 15) is 0 Å². The highest BCUT2D eigenvalue weighted by Gasteiger charge is 1.89. The molecule has 0 aliphatic rings. The van der Waals surface area contributed by atoms with Gasteiger partial charge >= 0.3 is 0 Å². The van der Waals surface area contributed by atoms with E-state index in [1.54, 1.807) is 11.8 Å². The largest absolute Gasteiger partial charge is 0.286 e. The molecule has 0 fully saturated rings. The van der Waals surface area contributed by atoms with Crippen LogP contribution in [-0.2, 0) is 0 Å². The van der Waals surface area contributed by atoms with E-state index < -0.39 is 0 Å². The molecule has 0 saturated heterocycles. The van der Waals surface area contributed by atoms with Crippen LogP contribution < -0.4 is 0 Å². The van der Waals surface area contributed by atoms with Gasteiger partial charge in [0, 0.05) is 7.05 Å². The molecule has 0 unspecified atom stereocenters. The molecule has 0 rings (SSSR count). The normalized spacial score (nSPS) is 12.1. The molecule has 0 N–H and O–H groups in total. The van der Waals surface area contributed by atoms with Crippen LogP contribution >= 0.6 is 11.8 Å². The van der Waals surface area contributed by atoms with Crippen LogP contribution in [-0.4, -0.2) is 18.3 Å². The standard InChI is InChI=1S/C6H13NS/c1-4-5-6(7-2)8-3/h4-5H2,1-3H3/b7-6-. The minimum atomic E-state index is 1.14. The van der Waals surface area contributed by atoms with E-state index in [4.69, 9.17) is 0 Å². The van der Waals surface area contributed by atoms with Crippen LogP contribution in [0.5, 0.6) is 0 Å².